The maximum atomic E-state index is 12.7. The molecule has 8 nitrogen and oxygen atoms in total. The molecule has 1 fully saturated rings. The molecule has 156 valence electrons. The fraction of sp³-hybridized carbons (Fsp3) is 0.286. The van der Waals surface area contributed by atoms with E-state index in [0.29, 0.717) is 47.9 Å². The molecule has 0 atom stereocenters. The molecule has 0 unspecified atom stereocenters. The number of amides is 2. The number of imidazole rings is 1. The smallest absolute Gasteiger partial charge is 0.326 e. The third kappa shape index (κ3) is 4.39. The molecule has 1 saturated heterocycles. The second kappa shape index (κ2) is 8.73. The highest BCUT2D eigenvalue weighted by Gasteiger charge is 2.23. The first-order chi connectivity index (χ1) is 14.5. The zero-order valence-electron chi connectivity index (χ0n) is 16.3. The van der Waals surface area contributed by atoms with E-state index in [0.717, 1.165) is 0 Å². The van der Waals surface area contributed by atoms with Crippen LogP contribution in [0.15, 0.2) is 53.3 Å². The van der Waals surface area contributed by atoms with Crippen molar-refractivity contribution in [3.63, 3.8) is 0 Å². The summed E-state index contributed by atoms with van der Waals surface area (Å²) in [6.45, 7) is 2.42. The van der Waals surface area contributed by atoms with E-state index in [1.807, 2.05) is 35.2 Å². The van der Waals surface area contributed by atoms with Crippen molar-refractivity contribution in [3.05, 3.63) is 64.0 Å². The molecule has 4 rings (SSSR count). The number of hydrogen-bond acceptors (Lipinski definition) is 4. The molecule has 30 heavy (non-hydrogen) atoms. The highest BCUT2D eigenvalue weighted by atomic mass is 35.5. The van der Waals surface area contributed by atoms with Gasteiger partial charge in [0.2, 0.25) is 11.8 Å². The molecule has 1 aliphatic rings. The summed E-state index contributed by atoms with van der Waals surface area (Å²) in [7, 11) is 0. The van der Waals surface area contributed by atoms with Crippen molar-refractivity contribution in [2.45, 2.75) is 6.54 Å². The lowest BCUT2D eigenvalue weighted by molar-refractivity contribution is -0.133. The first-order valence-corrected chi connectivity index (χ1v) is 10.1. The highest BCUT2D eigenvalue weighted by Crippen LogP contribution is 2.20. The number of hydrogen-bond donors (Lipinski definition) is 2. The monoisotopic (exact) mass is 427 g/mol. The minimum atomic E-state index is -0.292. The molecule has 1 aromatic heterocycles. The van der Waals surface area contributed by atoms with E-state index in [-0.39, 0.29) is 30.6 Å². The van der Waals surface area contributed by atoms with Gasteiger partial charge in [-0.2, -0.15) is 0 Å². The SMILES string of the molecule is O=C(CN1CCN(C(=O)Cn2c(=O)[nH]c3ccccc32)CC1)Nc1ccccc1Cl. The van der Waals surface area contributed by atoms with Crippen LogP contribution in [0.1, 0.15) is 0 Å². The summed E-state index contributed by atoms with van der Waals surface area (Å²) in [5.41, 5.74) is 1.72. The van der Waals surface area contributed by atoms with Crippen LogP contribution < -0.4 is 11.0 Å². The predicted molar refractivity (Wildman–Crippen MR) is 116 cm³/mol. The number of fused-ring (bicyclic) bond motifs is 1. The molecule has 0 radical (unpaired) electrons. The van der Waals surface area contributed by atoms with Crippen LogP contribution >= 0.6 is 11.6 Å². The maximum Gasteiger partial charge on any atom is 0.326 e. The van der Waals surface area contributed by atoms with E-state index in [4.69, 9.17) is 11.6 Å². The van der Waals surface area contributed by atoms with Crippen LogP contribution in [0.2, 0.25) is 5.02 Å². The van der Waals surface area contributed by atoms with Gasteiger partial charge < -0.3 is 15.2 Å². The Morgan fingerprint density at radius 1 is 0.967 bits per heavy atom. The van der Waals surface area contributed by atoms with E-state index in [9.17, 15) is 14.4 Å². The number of nitrogens with zero attached hydrogens (tertiary/aromatic N) is 3. The van der Waals surface area contributed by atoms with Crippen molar-refractivity contribution in [1.82, 2.24) is 19.4 Å². The number of rotatable bonds is 5. The van der Waals surface area contributed by atoms with Crippen LogP contribution in [0.4, 0.5) is 5.69 Å². The Balaban J connectivity index is 1.30. The molecule has 2 heterocycles. The Morgan fingerprint density at radius 3 is 2.43 bits per heavy atom. The molecule has 1 aliphatic heterocycles. The number of carbonyl (C=O) groups excluding carboxylic acids is 2. The number of H-pyrrole nitrogens is 1. The van der Waals surface area contributed by atoms with Gasteiger partial charge in [0.15, 0.2) is 0 Å². The molecule has 0 saturated carbocycles. The lowest BCUT2D eigenvalue weighted by Gasteiger charge is -2.34. The Bertz CT molecular complexity index is 1130. The first kappa shape index (κ1) is 20.2. The van der Waals surface area contributed by atoms with Crippen molar-refractivity contribution in [2.24, 2.45) is 0 Å². The van der Waals surface area contributed by atoms with Crippen LogP contribution in [0.25, 0.3) is 11.0 Å². The Labute approximate surface area is 178 Å². The predicted octanol–water partition coefficient (Wildman–Crippen LogP) is 1.77. The highest BCUT2D eigenvalue weighted by molar-refractivity contribution is 6.33. The van der Waals surface area contributed by atoms with Gasteiger partial charge in [0.05, 0.1) is 28.3 Å². The normalized spacial score (nSPS) is 14.8. The fourth-order valence-corrected chi connectivity index (χ4v) is 3.79. The van der Waals surface area contributed by atoms with E-state index in [1.165, 1.54) is 4.57 Å². The minimum absolute atomic E-state index is 0.00413. The van der Waals surface area contributed by atoms with E-state index in [2.05, 4.69) is 10.3 Å². The number of anilines is 1. The molecule has 0 aliphatic carbocycles. The number of aromatic amines is 1. The van der Waals surface area contributed by atoms with Gasteiger partial charge in [-0.3, -0.25) is 19.1 Å². The van der Waals surface area contributed by atoms with Gasteiger partial charge in [-0.15, -0.1) is 0 Å². The van der Waals surface area contributed by atoms with Crippen molar-refractivity contribution >= 4 is 40.1 Å². The Hall–Kier alpha value is -3.10. The average Bonchev–Trinajstić information content (AvgIpc) is 3.05. The van der Waals surface area contributed by atoms with Crippen LogP contribution in [-0.2, 0) is 16.1 Å². The Kier molecular flexibility index (Phi) is 5.87. The number of benzene rings is 2. The van der Waals surface area contributed by atoms with Crippen molar-refractivity contribution in [1.29, 1.82) is 0 Å². The van der Waals surface area contributed by atoms with Crippen LogP contribution in [0, 0.1) is 0 Å². The zero-order valence-corrected chi connectivity index (χ0v) is 17.1. The largest absolute Gasteiger partial charge is 0.339 e. The van der Waals surface area contributed by atoms with Gasteiger partial charge >= 0.3 is 5.69 Å². The number of halogens is 1. The summed E-state index contributed by atoms with van der Waals surface area (Å²) in [5.74, 6) is -0.254. The number of carbonyl (C=O) groups is 2. The van der Waals surface area contributed by atoms with E-state index < -0.39 is 0 Å². The molecule has 2 N–H and O–H groups in total. The van der Waals surface area contributed by atoms with E-state index >= 15 is 0 Å². The van der Waals surface area contributed by atoms with Crippen molar-refractivity contribution in [3.8, 4) is 0 Å². The summed E-state index contributed by atoms with van der Waals surface area (Å²) in [6.07, 6.45) is 0. The van der Waals surface area contributed by atoms with Crippen LogP contribution in [-0.4, -0.2) is 63.9 Å². The number of nitrogens with one attached hydrogen (secondary N) is 2. The maximum absolute atomic E-state index is 12.7. The second-order valence-electron chi connectivity index (χ2n) is 7.22. The zero-order chi connectivity index (χ0) is 21.1. The third-order valence-electron chi connectivity index (χ3n) is 5.22. The van der Waals surface area contributed by atoms with Gasteiger partial charge in [-0.05, 0) is 24.3 Å². The summed E-state index contributed by atoms with van der Waals surface area (Å²) >= 11 is 6.07. The molecule has 2 amide bonds. The van der Waals surface area contributed by atoms with Gasteiger partial charge in [0.25, 0.3) is 0 Å². The van der Waals surface area contributed by atoms with Gasteiger partial charge in [0, 0.05) is 26.2 Å². The fourth-order valence-electron chi connectivity index (χ4n) is 3.61. The van der Waals surface area contributed by atoms with E-state index in [1.54, 1.807) is 23.1 Å². The lowest BCUT2D eigenvalue weighted by atomic mass is 10.3. The lowest BCUT2D eigenvalue weighted by Crippen LogP contribution is -2.51. The molecular formula is C21H22ClN5O3. The minimum Gasteiger partial charge on any atom is -0.339 e. The summed E-state index contributed by atoms with van der Waals surface area (Å²) in [4.78, 5) is 43.7. The topological polar surface area (TPSA) is 90.4 Å². The molecular weight excluding hydrogens is 406 g/mol. The van der Waals surface area contributed by atoms with Gasteiger partial charge in [-0.1, -0.05) is 35.9 Å². The average molecular weight is 428 g/mol. The Morgan fingerprint density at radius 2 is 1.67 bits per heavy atom. The molecule has 0 bridgehead atoms. The molecule has 0 spiro atoms. The standard InChI is InChI=1S/C21H22ClN5O3/c22-15-5-1-2-6-16(15)23-19(28)13-25-9-11-26(12-10-25)20(29)14-27-18-8-4-3-7-17(18)24-21(27)30/h1-8H,9-14H2,(H,23,28)(H,24,30). The summed E-state index contributed by atoms with van der Waals surface area (Å²) in [5, 5.41) is 3.30. The van der Waals surface area contributed by atoms with Crippen molar-refractivity contribution in [2.75, 3.05) is 38.0 Å². The summed E-state index contributed by atoms with van der Waals surface area (Å²) in [6, 6.07) is 14.4. The number of aromatic nitrogens is 2. The molecule has 2 aromatic carbocycles. The third-order valence-corrected chi connectivity index (χ3v) is 5.54. The number of piperazine rings is 1. The molecule has 3 aromatic rings. The number of para-hydroxylation sites is 3. The summed E-state index contributed by atoms with van der Waals surface area (Å²) < 4.78 is 1.46. The van der Waals surface area contributed by atoms with Crippen LogP contribution in [0.5, 0.6) is 0 Å². The van der Waals surface area contributed by atoms with Crippen LogP contribution in [0.3, 0.4) is 0 Å². The van der Waals surface area contributed by atoms with Gasteiger partial charge in [0.1, 0.15) is 6.54 Å². The first-order valence-electron chi connectivity index (χ1n) is 9.73. The second-order valence-corrected chi connectivity index (χ2v) is 7.63. The quantitative estimate of drug-likeness (QED) is 0.649. The molecule has 9 heteroatoms. The van der Waals surface area contributed by atoms with Gasteiger partial charge in [-0.25, -0.2) is 4.79 Å². The van der Waals surface area contributed by atoms with Crippen molar-refractivity contribution < 1.29 is 9.59 Å².